The van der Waals surface area contributed by atoms with Crippen molar-refractivity contribution in [1.29, 1.82) is 0 Å². The first-order chi connectivity index (χ1) is 6.17. The van der Waals surface area contributed by atoms with Crippen LogP contribution in [0.3, 0.4) is 0 Å². The minimum Gasteiger partial charge on any atom is -0.369 e. The molecule has 74 valence electrons. The molecule has 2 fully saturated rings. The highest BCUT2D eigenvalue weighted by atomic mass is 16.1. The molecule has 2 aliphatic rings. The standard InChI is InChI=1S/C10H18N2O/c11-7-10(8(12)13)6-9(10)4-2-1-3-5-9/h1-7,11H2,(H2,12,13). The van der Waals surface area contributed by atoms with Gasteiger partial charge in [-0.3, -0.25) is 4.79 Å². The maximum Gasteiger partial charge on any atom is 0.225 e. The summed E-state index contributed by atoms with van der Waals surface area (Å²) in [5.74, 6) is -0.170. The summed E-state index contributed by atoms with van der Waals surface area (Å²) in [4.78, 5) is 11.3. The van der Waals surface area contributed by atoms with Crippen LogP contribution >= 0.6 is 0 Å². The largest absolute Gasteiger partial charge is 0.369 e. The maximum atomic E-state index is 11.3. The number of rotatable bonds is 2. The summed E-state index contributed by atoms with van der Waals surface area (Å²) in [6.45, 7) is 0.447. The van der Waals surface area contributed by atoms with Crippen molar-refractivity contribution in [2.45, 2.75) is 38.5 Å². The molecule has 0 aliphatic heterocycles. The monoisotopic (exact) mass is 182 g/mol. The molecule has 13 heavy (non-hydrogen) atoms. The number of carbonyl (C=O) groups is 1. The predicted octanol–water partition coefficient (Wildman–Crippen LogP) is 0.771. The molecule has 0 radical (unpaired) electrons. The minimum absolute atomic E-state index is 0.170. The Bertz CT molecular complexity index is 233. The number of nitrogens with two attached hydrogens (primary N) is 2. The van der Waals surface area contributed by atoms with Crippen molar-refractivity contribution in [3.63, 3.8) is 0 Å². The molecule has 0 heterocycles. The van der Waals surface area contributed by atoms with E-state index < -0.39 is 0 Å². The molecule has 1 atom stereocenters. The molecule has 3 heteroatoms. The lowest BCUT2D eigenvalue weighted by molar-refractivity contribution is -0.124. The van der Waals surface area contributed by atoms with Crippen molar-refractivity contribution in [3.8, 4) is 0 Å². The zero-order valence-corrected chi connectivity index (χ0v) is 8.01. The topological polar surface area (TPSA) is 69.1 Å². The van der Waals surface area contributed by atoms with Crippen LogP contribution in [0, 0.1) is 10.8 Å². The van der Waals surface area contributed by atoms with Crippen LogP contribution < -0.4 is 11.5 Å². The van der Waals surface area contributed by atoms with Gasteiger partial charge in [-0.2, -0.15) is 0 Å². The highest BCUT2D eigenvalue weighted by Crippen LogP contribution is 2.69. The van der Waals surface area contributed by atoms with Crippen LogP contribution in [0.1, 0.15) is 38.5 Å². The van der Waals surface area contributed by atoms with Gasteiger partial charge in [-0.25, -0.2) is 0 Å². The molecule has 0 aromatic carbocycles. The Morgan fingerprint density at radius 1 is 1.23 bits per heavy atom. The molecule has 2 saturated carbocycles. The fraction of sp³-hybridized carbons (Fsp3) is 0.900. The van der Waals surface area contributed by atoms with Crippen LogP contribution in [0.25, 0.3) is 0 Å². The van der Waals surface area contributed by atoms with E-state index >= 15 is 0 Å². The van der Waals surface area contributed by atoms with Crippen molar-refractivity contribution < 1.29 is 4.79 Å². The van der Waals surface area contributed by atoms with Gasteiger partial charge in [-0.15, -0.1) is 0 Å². The van der Waals surface area contributed by atoms with Crippen molar-refractivity contribution in [1.82, 2.24) is 0 Å². The van der Waals surface area contributed by atoms with Gasteiger partial charge in [-0.1, -0.05) is 19.3 Å². The number of primary amides is 1. The number of amides is 1. The SMILES string of the molecule is NCC1(C(N)=O)CC12CCCCC2. The van der Waals surface area contributed by atoms with Gasteiger partial charge < -0.3 is 11.5 Å². The average molecular weight is 182 g/mol. The first-order valence-corrected chi connectivity index (χ1v) is 5.17. The van der Waals surface area contributed by atoms with Gasteiger partial charge in [0.1, 0.15) is 0 Å². The lowest BCUT2D eigenvalue weighted by Crippen LogP contribution is -2.37. The van der Waals surface area contributed by atoms with Crippen LogP contribution in [-0.4, -0.2) is 12.5 Å². The summed E-state index contributed by atoms with van der Waals surface area (Å²) in [6, 6.07) is 0. The molecule has 0 bridgehead atoms. The molecule has 0 aromatic heterocycles. The van der Waals surface area contributed by atoms with Gasteiger partial charge in [0.15, 0.2) is 0 Å². The summed E-state index contributed by atoms with van der Waals surface area (Å²) in [7, 11) is 0. The molecule has 0 saturated heterocycles. The number of hydrogen-bond donors (Lipinski definition) is 2. The molecule has 1 unspecified atom stereocenters. The quantitative estimate of drug-likeness (QED) is 0.662. The van der Waals surface area contributed by atoms with Crippen LogP contribution in [-0.2, 0) is 4.79 Å². The molecular formula is C10H18N2O. The average Bonchev–Trinajstić information content (AvgIpc) is 2.76. The first kappa shape index (κ1) is 9.00. The van der Waals surface area contributed by atoms with Crippen LogP contribution in [0.5, 0.6) is 0 Å². The highest BCUT2D eigenvalue weighted by Gasteiger charge is 2.69. The summed E-state index contributed by atoms with van der Waals surface area (Å²) in [5, 5.41) is 0. The zero-order chi connectivity index (χ0) is 9.53. The van der Waals surface area contributed by atoms with E-state index in [1.54, 1.807) is 0 Å². The second-order valence-electron chi connectivity index (χ2n) is 4.67. The van der Waals surface area contributed by atoms with E-state index in [9.17, 15) is 4.79 Å². The first-order valence-electron chi connectivity index (χ1n) is 5.17. The van der Waals surface area contributed by atoms with Crippen molar-refractivity contribution >= 4 is 5.91 Å². The molecule has 3 nitrogen and oxygen atoms in total. The molecule has 2 aliphatic carbocycles. The van der Waals surface area contributed by atoms with E-state index in [1.807, 2.05) is 0 Å². The Morgan fingerprint density at radius 2 is 1.85 bits per heavy atom. The van der Waals surface area contributed by atoms with Crippen molar-refractivity contribution in [2.75, 3.05) is 6.54 Å². The molecule has 1 amide bonds. The molecule has 0 aromatic rings. The van der Waals surface area contributed by atoms with E-state index in [0.717, 1.165) is 19.3 Å². The number of hydrogen-bond acceptors (Lipinski definition) is 2. The Kier molecular flexibility index (Phi) is 1.88. The normalized spacial score (nSPS) is 36.1. The van der Waals surface area contributed by atoms with Crippen LogP contribution in [0.4, 0.5) is 0 Å². The van der Waals surface area contributed by atoms with E-state index in [4.69, 9.17) is 11.5 Å². The van der Waals surface area contributed by atoms with Crippen molar-refractivity contribution in [2.24, 2.45) is 22.3 Å². The Hall–Kier alpha value is -0.570. The molecule has 1 spiro atoms. The third kappa shape index (κ3) is 1.03. The highest BCUT2D eigenvalue weighted by molar-refractivity contribution is 5.85. The maximum absolute atomic E-state index is 11.3. The molecule has 2 rings (SSSR count). The minimum atomic E-state index is -0.326. The fourth-order valence-electron chi connectivity index (χ4n) is 3.16. The van der Waals surface area contributed by atoms with Gasteiger partial charge in [0, 0.05) is 6.54 Å². The number of carbonyl (C=O) groups excluding carboxylic acids is 1. The smallest absolute Gasteiger partial charge is 0.225 e. The van der Waals surface area contributed by atoms with Gasteiger partial charge in [0.2, 0.25) is 5.91 Å². The lowest BCUT2D eigenvalue weighted by Gasteiger charge is -2.26. The second kappa shape index (κ2) is 2.71. The van der Waals surface area contributed by atoms with Crippen LogP contribution in [0.15, 0.2) is 0 Å². The van der Waals surface area contributed by atoms with Gasteiger partial charge >= 0.3 is 0 Å². The Labute approximate surface area is 78.9 Å². The Balaban J connectivity index is 2.15. The zero-order valence-electron chi connectivity index (χ0n) is 8.01. The predicted molar refractivity (Wildman–Crippen MR) is 50.8 cm³/mol. The Morgan fingerprint density at radius 3 is 2.23 bits per heavy atom. The molecular weight excluding hydrogens is 164 g/mol. The van der Waals surface area contributed by atoms with E-state index in [2.05, 4.69) is 0 Å². The van der Waals surface area contributed by atoms with E-state index in [-0.39, 0.29) is 16.7 Å². The van der Waals surface area contributed by atoms with E-state index in [1.165, 1.54) is 19.3 Å². The van der Waals surface area contributed by atoms with Gasteiger partial charge in [0.05, 0.1) is 5.41 Å². The van der Waals surface area contributed by atoms with Gasteiger partial charge in [-0.05, 0) is 24.7 Å². The fourth-order valence-corrected chi connectivity index (χ4v) is 3.16. The summed E-state index contributed by atoms with van der Waals surface area (Å²) in [6.07, 6.45) is 7.07. The van der Waals surface area contributed by atoms with Crippen LogP contribution in [0.2, 0.25) is 0 Å². The summed E-state index contributed by atoms with van der Waals surface area (Å²) >= 11 is 0. The van der Waals surface area contributed by atoms with Crippen molar-refractivity contribution in [3.05, 3.63) is 0 Å². The third-order valence-electron chi connectivity index (χ3n) is 4.16. The third-order valence-corrected chi connectivity index (χ3v) is 4.16. The second-order valence-corrected chi connectivity index (χ2v) is 4.67. The van der Waals surface area contributed by atoms with Gasteiger partial charge in [0.25, 0.3) is 0 Å². The van der Waals surface area contributed by atoms with E-state index in [0.29, 0.717) is 6.54 Å². The summed E-state index contributed by atoms with van der Waals surface area (Å²) < 4.78 is 0. The lowest BCUT2D eigenvalue weighted by atomic mass is 9.79. The summed E-state index contributed by atoms with van der Waals surface area (Å²) in [5.41, 5.74) is 11.0. The molecule has 4 N–H and O–H groups in total.